The molecule has 106 valence electrons. The van der Waals surface area contributed by atoms with Crippen molar-refractivity contribution in [2.45, 2.75) is 83.2 Å². The summed E-state index contributed by atoms with van der Waals surface area (Å²) in [5.74, 6) is 0.915. The second-order valence-electron chi connectivity index (χ2n) is 6.13. The zero-order valence-corrected chi connectivity index (χ0v) is 13.4. The molecule has 2 nitrogen and oxygen atoms in total. The number of hydrogen-bond acceptors (Lipinski definition) is 2. The highest BCUT2D eigenvalue weighted by Gasteiger charge is 2.43. The Hall–Kier alpha value is 0.137. The molecule has 0 bridgehead atoms. The van der Waals surface area contributed by atoms with E-state index in [0.29, 0.717) is 12.2 Å². The van der Waals surface area contributed by atoms with Crippen LogP contribution in [0.25, 0.3) is 0 Å². The standard InChI is InChI=1S/C15H30O2Si/c1-4-18(5-2,6-3)16-11-7-8-13-9-10-14-15(12-13)17-14/h13-15H,4-12H2,1-3H3. The van der Waals surface area contributed by atoms with Crippen LogP contribution in [0, 0.1) is 5.92 Å². The van der Waals surface area contributed by atoms with Gasteiger partial charge < -0.3 is 9.16 Å². The van der Waals surface area contributed by atoms with E-state index in [1.807, 2.05) is 0 Å². The second-order valence-corrected chi connectivity index (χ2v) is 10.9. The molecule has 1 heterocycles. The zero-order valence-electron chi connectivity index (χ0n) is 12.4. The maximum absolute atomic E-state index is 6.31. The first-order chi connectivity index (χ1) is 8.73. The lowest BCUT2D eigenvalue weighted by molar-refractivity contribution is 0.263. The van der Waals surface area contributed by atoms with Crippen molar-refractivity contribution in [3.63, 3.8) is 0 Å². The van der Waals surface area contributed by atoms with Crippen LogP contribution >= 0.6 is 0 Å². The molecule has 1 aliphatic carbocycles. The summed E-state index contributed by atoms with van der Waals surface area (Å²) in [5, 5.41) is 0. The fourth-order valence-electron chi connectivity index (χ4n) is 3.47. The summed E-state index contributed by atoms with van der Waals surface area (Å²) in [6.45, 7) is 7.94. The fraction of sp³-hybridized carbons (Fsp3) is 1.00. The molecule has 0 aromatic rings. The number of ether oxygens (including phenoxy) is 1. The van der Waals surface area contributed by atoms with E-state index in [9.17, 15) is 0 Å². The van der Waals surface area contributed by atoms with Gasteiger partial charge in [-0.2, -0.15) is 0 Å². The Labute approximate surface area is 114 Å². The van der Waals surface area contributed by atoms with Crippen molar-refractivity contribution < 1.29 is 9.16 Å². The first kappa shape index (κ1) is 14.5. The summed E-state index contributed by atoms with van der Waals surface area (Å²) in [6.07, 6.45) is 7.93. The van der Waals surface area contributed by atoms with E-state index in [4.69, 9.17) is 9.16 Å². The molecule has 0 N–H and O–H groups in total. The van der Waals surface area contributed by atoms with Crippen molar-refractivity contribution >= 4 is 8.32 Å². The van der Waals surface area contributed by atoms with E-state index in [-0.39, 0.29) is 0 Å². The third-order valence-corrected chi connectivity index (χ3v) is 9.89. The van der Waals surface area contributed by atoms with Gasteiger partial charge in [0, 0.05) is 6.61 Å². The van der Waals surface area contributed by atoms with Crippen LogP contribution in [0.15, 0.2) is 0 Å². The van der Waals surface area contributed by atoms with E-state index >= 15 is 0 Å². The molecule has 2 fully saturated rings. The van der Waals surface area contributed by atoms with Gasteiger partial charge >= 0.3 is 0 Å². The molecular weight excluding hydrogens is 240 g/mol. The Morgan fingerprint density at radius 3 is 2.39 bits per heavy atom. The van der Waals surface area contributed by atoms with Crippen LogP contribution in [-0.4, -0.2) is 27.1 Å². The van der Waals surface area contributed by atoms with Gasteiger partial charge in [-0.3, -0.25) is 0 Å². The first-order valence-corrected chi connectivity index (χ1v) is 10.6. The smallest absolute Gasteiger partial charge is 0.191 e. The monoisotopic (exact) mass is 270 g/mol. The average Bonchev–Trinajstić information content (AvgIpc) is 3.18. The minimum Gasteiger partial charge on any atom is -0.417 e. The van der Waals surface area contributed by atoms with Crippen molar-refractivity contribution in [3.05, 3.63) is 0 Å². The molecule has 3 atom stereocenters. The summed E-state index contributed by atoms with van der Waals surface area (Å²) in [6, 6.07) is 3.84. The van der Waals surface area contributed by atoms with Gasteiger partial charge in [-0.1, -0.05) is 20.8 Å². The minimum atomic E-state index is -1.33. The van der Waals surface area contributed by atoms with Gasteiger partial charge in [-0.25, -0.2) is 0 Å². The molecule has 1 aliphatic heterocycles. The number of fused-ring (bicyclic) bond motifs is 1. The lowest BCUT2D eigenvalue weighted by Gasteiger charge is -2.28. The number of epoxide rings is 1. The van der Waals surface area contributed by atoms with Gasteiger partial charge in [-0.15, -0.1) is 0 Å². The highest BCUT2D eigenvalue weighted by Crippen LogP contribution is 2.40. The van der Waals surface area contributed by atoms with Crippen LogP contribution in [0.3, 0.4) is 0 Å². The van der Waals surface area contributed by atoms with E-state index < -0.39 is 8.32 Å². The van der Waals surface area contributed by atoms with Crippen molar-refractivity contribution in [3.8, 4) is 0 Å². The third kappa shape index (κ3) is 3.58. The largest absolute Gasteiger partial charge is 0.417 e. The molecule has 0 aromatic heterocycles. The van der Waals surface area contributed by atoms with Gasteiger partial charge in [-0.05, 0) is 56.2 Å². The highest BCUT2D eigenvalue weighted by atomic mass is 28.4. The molecule has 2 rings (SSSR count). The normalized spacial score (nSPS) is 31.2. The average molecular weight is 270 g/mol. The quantitative estimate of drug-likeness (QED) is 0.371. The lowest BCUT2D eigenvalue weighted by Crippen LogP contribution is -2.36. The van der Waals surface area contributed by atoms with E-state index in [0.717, 1.165) is 12.5 Å². The Balaban J connectivity index is 1.60. The summed E-state index contributed by atoms with van der Waals surface area (Å²) in [5.41, 5.74) is 0. The minimum absolute atomic E-state index is 0.639. The Morgan fingerprint density at radius 1 is 1.06 bits per heavy atom. The topological polar surface area (TPSA) is 21.8 Å². The van der Waals surface area contributed by atoms with Gasteiger partial charge in [0.05, 0.1) is 12.2 Å². The molecule has 0 spiro atoms. The summed E-state index contributed by atoms with van der Waals surface area (Å²) in [4.78, 5) is 0. The lowest BCUT2D eigenvalue weighted by atomic mass is 9.86. The maximum atomic E-state index is 6.31. The molecule has 1 saturated heterocycles. The highest BCUT2D eigenvalue weighted by molar-refractivity contribution is 6.73. The van der Waals surface area contributed by atoms with Crippen molar-refractivity contribution in [2.24, 2.45) is 5.92 Å². The van der Waals surface area contributed by atoms with Crippen LogP contribution in [0.4, 0.5) is 0 Å². The predicted octanol–water partition coefficient (Wildman–Crippen LogP) is 4.36. The van der Waals surface area contributed by atoms with Crippen LogP contribution in [0.5, 0.6) is 0 Å². The maximum Gasteiger partial charge on any atom is 0.191 e. The molecule has 2 aliphatic rings. The second kappa shape index (κ2) is 6.53. The molecule has 0 radical (unpaired) electrons. The van der Waals surface area contributed by atoms with Gasteiger partial charge in [0.1, 0.15) is 0 Å². The van der Waals surface area contributed by atoms with Gasteiger partial charge in [0.25, 0.3) is 0 Å². The van der Waals surface area contributed by atoms with Crippen LogP contribution < -0.4 is 0 Å². The summed E-state index contributed by atoms with van der Waals surface area (Å²) >= 11 is 0. The molecule has 0 aromatic carbocycles. The van der Waals surface area contributed by atoms with Crippen molar-refractivity contribution in [1.29, 1.82) is 0 Å². The summed E-state index contributed by atoms with van der Waals surface area (Å²) in [7, 11) is -1.33. The third-order valence-electron chi connectivity index (χ3n) is 5.21. The fourth-order valence-corrected chi connectivity index (χ4v) is 6.16. The summed E-state index contributed by atoms with van der Waals surface area (Å²) < 4.78 is 11.9. The molecule has 3 unspecified atom stereocenters. The first-order valence-electron chi connectivity index (χ1n) is 8.02. The van der Waals surface area contributed by atoms with Crippen molar-refractivity contribution in [1.82, 2.24) is 0 Å². The predicted molar refractivity (Wildman–Crippen MR) is 78.4 cm³/mol. The molecular formula is C15H30O2Si. The molecule has 0 amide bonds. The SMILES string of the molecule is CC[Si](CC)(CC)OCCCC1CCC2OC2C1. The molecule has 1 saturated carbocycles. The van der Waals surface area contributed by atoms with E-state index in [1.54, 1.807) is 0 Å². The van der Waals surface area contributed by atoms with E-state index in [1.165, 1.54) is 50.2 Å². The van der Waals surface area contributed by atoms with Crippen LogP contribution in [0.1, 0.15) is 52.9 Å². The Morgan fingerprint density at radius 2 is 1.78 bits per heavy atom. The molecule has 3 heteroatoms. The van der Waals surface area contributed by atoms with Gasteiger partial charge in [0.15, 0.2) is 8.32 Å². The van der Waals surface area contributed by atoms with Gasteiger partial charge in [0.2, 0.25) is 0 Å². The van der Waals surface area contributed by atoms with Crippen molar-refractivity contribution in [2.75, 3.05) is 6.61 Å². The number of hydrogen-bond donors (Lipinski definition) is 0. The van der Waals surface area contributed by atoms with Crippen LogP contribution in [-0.2, 0) is 9.16 Å². The van der Waals surface area contributed by atoms with Crippen LogP contribution in [0.2, 0.25) is 18.1 Å². The number of rotatable bonds is 8. The Kier molecular flexibility index (Phi) is 5.28. The Bertz CT molecular complexity index is 245. The molecule has 18 heavy (non-hydrogen) atoms. The zero-order chi connectivity index (χ0) is 13.0. The van der Waals surface area contributed by atoms with E-state index in [2.05, 4.69) is 20.8 Å².